The number of carbonyl (C=O) groups is 1. The summed E-state index contributed by atoms with van der Waals surface area (Å²) < 4.78 is 2.02. The molecule has 0 radical (unpaired) electrons. The van der Waals surface area contributed by atoms with Crippen molar-refractivity contribution in [3.05, 3.63) is 53.3 Å². The summed E-state index contributed by atoms with van der Waals surface area (Å²) in [5.41, 5.74) is 3.48. The number of carboxylic acids is 1. The first kappa shape index (κ1) is 19.6. The Morgan fingerprint density at radius 1 is 1.19 bits per heavy atom. The van der Waals surface area contributed by atoms with E-state index < -0.39 is 5.97 Å². The van der Waals surface area contributed by atoms with Crippen molar-refractivity contribution >= 4 is 5.97 Å². The van der Waals surface area contributed by atoms with Gasteiger partial charge in [-0.25, -0.2) is 0 Å². The number of hydrogen-bond donors (Lipinski definition) is 1. The average molecular weight is 370 g/mol. The summed E-state index contributed by atoms with van der Waals surface area (Å²) in [4.78, 5) is 13.8. The first-order valence-electron chi connectivity index (χ1n) is 9.81. The van der Waals surface area contributed by atoms with Crippen molar-refractivity contribution in [3.63, 3.8) is 0 Å². The van der Waals surface area contributed by atoms with Crippen molar-refractivity contribution in [2.24, 2.45) is 5.92 Å². The molecule has 5 heteroatoms. The van der Waals surface area contributed by atoms with Crippen LogP contribution in [-0.4, -0.2) is 38.3 Å². The highest BCUT2D eigenvalue weighted by molar-refractivity contribution is 5.70. The molecule has 2 atom stereocenters. The maximum Gasteiger partial charge on any atom is 0.307 e. The molecule has 0 aliphatic carbocycles. The lowest BCUT2D eigenvalue weighted by atomic mass is 9.88. The van der Waals surface area contributed by atoms with Gasteiger partial charge in [0.15, 0.2) is 0 Å². The Morgan fingerprint density at radius 2 is 1.89 bits per heavy atom. The summed E-state index contributed by atoms with van der Waals surface area (Å²) in [7, 11) is 0. The van der Waals surface area contributed by atoms with Gasteiger partial charge in [-0.3, -0.25) is 14.4 Å². The zero-order valence-corrected chi connectivity index (χ0v) is 16.9. The Morgan fingerprint density at radius 3 is 2.52 bits per heavy atom. The molecular formula is C22H31N3O2. The minimum Gasteiger partial charge on any atom is -0.481 e. The molecule has 1 fully saturated rings. The lowest BCUT2D eigenvalue weighted by Gasteiger charge is -2.36. The van der Waals surface area contributed by atoms with Crippen LogP contribution in [0.3, 0.4) is 0 Å². The van der Waals surface area contributed by atoms with E-state index in [1.165, 1.54) is 11.1 Å². The molecule has 146 valence electrons. The number of piperidine rings is 1. The molecule has 5 nitrogen and oxygen atoms in total. The van der Waals surface area contributed by atoms with E-state index in [1.807, 2.05) is 22.9 Å². The minimum atomic E-state index is -0.678. The van der Waals surface area contributed by atoms with Crippen LogP contribution in [0.5, 0.6) is 0 Å². The molecule has 0 spiro atoms. The van der Waals surface area contributed by atoms with E-state index in [2.05, 4.69) is 50.9 Å². The lowest BCUT2D eigenvalue weighted by Crippen LogP contribution is -2.43. The third-order valence-corrected chi connectivity index (χ3v) is 5.47. The Bertz CT molecular complexity index is 777. The second-order valence-electron chi connectivity index (χ2n) is 8.83. The van der Waals surface area contributed by atoms with Crippen LogP contribution in [0.4, 0.5) is 0 Å². The fraction of sp³-hybridized carbons (Fsp3) is 0.545. The third kappa shape index (κ3) is 4.78. The topological polar surface area (TPSA) is 58.4 Å². The molecular weight excluding hydrogens is 338 g/mol. The average Bonchev–Trinajstić information content (AvgIpc) is 3.00. The van der Waals surface area contributed by atoms with Crippen molar-refractivity contribution in [2.75, 3.05) is 6.54 Å². The summed E-state index contributed by atoms with van der Waals surface area (Å²) in [6, 6.07) is 10.7. The van der Waals surface area contributed by atoms with Crippen molar-refractivity contribution in [1.82, 2.24) is 14.7 Å². The molecule has 2 aromatic rings. The molecule has 1 aliphatic heterocycles. The summed E-state index contributed by atoms with van der Waals surface area (Å²) >= 11 is 0. The van der Waals surface area contributed by atoms with Gasteiger partial charge in [0.2, 0.25) is 0 Å². The van der Waals surface area contributed by atoms with Gasteiger partial charge in [-0.2, -0.15) is 5.10 Å². The Hall–Kier alpha value is -2.14. The van der Waals surface area contributed by atoms with Gasteiger partial charge in [0.1, 0.15) is 0 Å². The molecule has 1 aromatic carbocycles. The van der Waals surface area contributed by atoms with Gasteiger partial charge in [-0.15, -0.1) is 0 Å². The lowest BCUT2D eigenvalue weighted by molar-refractivity contribution is -0.144. The number of aromatic nitrogens is 2. The number of benzene rings is 1. The predicted molar refractivity (Wildman–Crippen MR) is 107 cm³/mol. The van der Waals surface area contributed by atoms with Crippen LogP contribution >= 0.6 is 0 Å². The molecule has 2 heterocycles. The monoisotopic (exact) mass is 369 g/mol. The highest BCUT2D eigenvalue weighted by atomic mass is 16.4. The fourth-order valence-corrected chi connectivity index (χ4v) is 3.88. The van der Waals surface area contributed by atoms with Crippen LogP contribution in [0.2, 0.25) is 0 Å². The molecule has 1 aliphatic rings. The number of likely N-dealkylation sites (tertiary alicyclic amines) is 1. The second kappa shape index (κ2) is 7.85. The Kier molecular flexibility index (Phi) is 5.70. The van der Waals surface area contributed by atoms with Crippen molar-refractivity contribution in [2.45, 2.75) is 65.1 Å². The van der Waals surface area contributed by atoms with Crippen LogP contribution in [0.1, 0.15) is 57.4 Å². The maximum atomic E-state index is 11.4. The smallest absolute Gasteiger partial charge is 0.307 e. The Balaban J connectivity index is 1.83. The summed E-state index contributed by atoms with van der Waals surface area (Å²) in [6.45, 7) is 10.9. The van der Waals surface area contributed by atoms with Gasteiger partial charge < -0.3 is 5.11 Å². The first-order chi connectivity index (χ1) is 12.7. The zero-order valence-electron chi connectivity index (χ0n) is 16.9. The largest absolute Gasteiger partial charge is 0.481 e. The van der Waals surface area contributed by atoms with Crippen LogP contribution in [0.15, 0.2) is 36.5 Å². The standard InChI is InChI=1S/C22H31N3O2/c1-16-10-11-18(21(26)27)13-24(16)14-19-15-25(23-20(19)22(2,3)4)12-17-8-6-5-7-9-17/h5-9,15-16,18H,10-14H2,1-4H3,(H,26,27). The van der Waals surface area contributed by atoms with Gasteiger partial charge in [-0.1, -0.05) is 51.1 Å². The summed E-state index contributed by atoms with van der Waals surface area (Å²) in [5, 5.41) is 14.3. The first-order valence-corrected chi connectivity index (χ1v) is 9.81. The van der Waals surface area contributed by atoms with Gasteiger partial charge in [0.25, 0.3) is 0 Å². The van der Waals surface area contributed by atoms with Crippen LogP contribution in [0.25, 0.3) is 0 Å². The van der Waals surface area contributed by atoms with Crippen molar-refractivity contribution < 1.29 is 9.90 Å². The maximum absolute atomic E-state index is 11.4. The molecule has 0 saturated carbocycles. The molecule has 3 rings (SSSR count). The third-order valence-electron chi connectivity index (χ3n) is 5.47. The van der Waals surface area contributed by atoms with Gasteiger partial charge >= 0.3 is 5.97 Å². The van der Waals surface area contributed by atoms with E-state index in [0.29, 0.717) is 12.6 Å². The van der Waals surface area contributed by atoms with Crippen molar-refractivity contribution in [1.29, 1.82) is 0 Å². The molecule has 1 aromatic heterocycles. The van der Waals surface area contributed by atoms with E-state index in [-0.39, 0.29) is 11.3 Å². The van der Waals surface area contributed by atoms with Gasteiger partial charge in [0, 0.05) is 36.3 Å². The summed E-state index contributed by atoms with van der Waals surface area (Å²) in [6.07, 6.45) is 3.84. The quantitative estimate of drug-likeness (QED) is 0.868. The van der Waals surface area contributed by atoms with E-state index in [0.717, 1.165) is 31.6 Å². The zero-order chi connectivity index (χ0) is 19.6. The number of aliphatic carboxylic acids is 1. The van der Waals surface area contributed by atoms with Crippen molar-refractivity contribution in [3.8, 4) is 0 Å². The normalized spacial score (nSPS) is 21.3. The molecule has 1 saturated heterocycles. The molecule has 27 heavy (non-hydrogen) atoms. The van der Waals surface area contributed by atoms with E-state index in [1.54, 1.807) is 0 Å². The number of hydrogen-bond acceptors (Lipinski definition) is 3. The fourth-order valence-electron chi connectivity index (χ4n) is 3.88. The van der Waals surface area contributed by atoms with E-state index in [9.17, 15) is 9.90 Å². The highest BCUT2D eigenvalue weighted by Crippen LogP contribution is 2.29. The van der Waals surface area contributed by atoms with Gasteiger partial charge in [0.05, 0.1) is 18.2 Å². The molecule has 0 amide bonds. The number of carboxylic acid groups (broad SMARTS) is 1. The number of nitrogens with zero attached hydrogens (tertiary/aromatic N) is 3. The highest BCUT2D eigenvalue weighted by Gasteiger charge is 2.31. The van der Waals surface area contributed by atoms with E-state index >= 15 is 0 Å². The summed E-state index contributed by atoms with van der Waals surface area (Å²) in [5.74, 6) is -0.943. The molecule has 1 N–H and O–H groups in total. The van der Waals surface area contributed by atoms with Gasteiger partial charge in [-0.05, 0) is 25.3 Å². The molecule has 2 unspecified atom stereocenters. The van der Waals surface area contributed by atoms with Crippen LogP contribution < -0.4 is 0 Å². The number of rotatable bonds is 5. The SMILES string of the molecule is CC1CCC(C(=O)O)CN1Cc1cn(Cc2ccccc2)nc1C(C)(C)C. The van der Waals surface area contributed by atoms with Crippen LogP contribution in [-0.2, 0) is 23.3 Å². The van der Waals surface area contributed by atoms with Crippen LogP contribution in [0, 0.1) is 5.92 Å². The Labute approximate surface area is 162 Å². The minimum absolute atomic E-state index is 0.0531. The molecule has 0 bridgehead atoms. The predicted octanol–water partition coefficient (Wildman–Crippen LogP) is 3.91. The van der Waals surface area contributed by atoms with E-state index in [4.69, 9.17) is 5.10 Å². The second-order valence-corrected chi connectivity index (χ2v) is 8.83.